The van der Waals surface area contributed by atoms with E-state index in [2.05, 4.69) is 9.97 Å². The predicted molar refractivity (Wildman–Crippen MR) is 126 cm³/mol. The number of carboxylic acids is 1. The highest BCUT2D eigenvalue weighted by atomic mass is 16.5. The van der Waals surface area contributed by atoms with Crippen molar-refractivity contribution in [2.24, 2.45) is 0 Å². The van der Waals surface area contributed by atoms with E-state index in [0.717, 1.165) is 16.9 Å². The number of hydrogen-bond donors (Lipinski definition) is 2. The first-order valence-electron chi connectivity index (χ1n) is 10.4. The lowest BCUT2D eigenvalue weighted by Gasteiger charge is -2.28. The molecule has 166 valence electrons. The smallest absolute Gasteiger partial charge is 0.326 e. The summed E-state index contributed by atoms with van der Waals surface area (Å²) in [5.74, 6) is 0.163. The van der Waals surface area contributed by atoms with Gasteiger partial charge in [0.15, 0.2) is 0 Å². The van der Waals surface area contributed by atoms with Crippen molar-refractivity contribution in [1.82, 2.24) is 9.97 Å². The van der Waals surface area contributed by atoms with E-state index < -0.39 is 12.0 Å². The Morgan fingerprint density at radius 1 is 0.970 bits per heavy atom. The molecule has 0 unspecified atom stereocenters. The number of carboxylic acid groups (broad SMARTS) is 1. The summed E-state index contributed by atoms with van der Waals surface area (Å²) in [6, 6.07) is 24.7. The molecule has 33 heavy (non-hydrogen) atoms. The second-order valence-electron chi connectivity index (χ2n) is 7.46. The summed E-state index contributed by atoms with van der Waals surface area (Å²) in [5.41, 5.74) is 3.07. The van der Waals surface area contributed by atoms with Gasteiger partial charge in [0.2, 0.25) is 0 Å². The molecular formula is C26H23N3O4. The monoisotopic (exact) mass is 441 g/mol. The minimum absolute atomic E-state index is 0.0375. The number of phenolic OH excluding ortho intramolecular Hbond substituents is 1. The van der Waals surface area contributed by atoms with Gasteiger partial charge in [0.05, 0.1) is 5.69 Å². The van der Waals surface area contributed by atoms with Gasteiger partial charge in [0.1, 0.15) is 36.3 Å². The lowest BCUT2D eigenvalue weighted by atomic mass is 10.1. The van der Waals surface area contributed by atoms with Crippen molar-refractivity contribution in [3.8, 4) is 22.8 Å². The standard InChI is InChI=1S/C26H23N3O4/c1-18(26(31)32)29(21-8-5-9-22(30)14-21)25-15-24(27-17-28-25)20-10-12-23(13-11-20)33-16-19-6-3-2-4-7-19/h2-15,17-18,30H,16H2,1H3,(H,31,32)/t18-/m0/s1. The second kappa shape index (κ2) is 9.82. The summed E-state index contributed by atoms with van der Waals surface area (Å²) in [5, 5.41) is 19.5. The molecule has 0 amide bonds. The third kappa shape index (κ3) is 5.27. The maximum Gasteiger partial charge on any atom is 0.326 e. The fraction of sp³-hybridized carbons (Fsp3) is 0.115. The Morgan fingerprint density at radius 2 is 1.73 bits per heavy atom. The number of aromatic nitrogens is 2. The van der Waals surface area contributed by atoms with Crippen LogP contribution < -0.4 is 9.64 Å². The number of ether oxygens (including phenoxy) is 1. The van der Waals surface area contributed by atoms with Gasteiger partial charge in [-0.15, -0.1) is 0 Å². The molecule has 2 N–H and O–H groups in total. The maximum absolute atomic E-state index is 11.8. The Kier molecular flexibility index (Phi) is 6.50. The van der Waals surface area contributed by atoms with Crippen molar-refractivity contribution in [3.05, 3.63) is 96.8 Å². The number of aliphatic carboxylic acids is 1. The Morgan fingerprint density at radius 3 is 2.42 bits per heavy atom. The van der Waals surface area contributed by atoms with Crippen LogP contribution >= 0.6 is 0 Å². The first kappa shape index (κ1) is 21.8. The zero-order valence-corrected chi connectivity index (χ0v) is 18.0. The number of anilines is 2. The number of nitrogens with zero attached hydrogens (tertiary/aromatic N) is 3. The SMILES string of the molecule is C[C@@H](C(=O)O)N(c1cccc(O)c1)c1cc(-c2ccc(OCc3ccccc3)cc2)ncn1. The average molecular weight is 441 g/mol. The molecule has 0 aliphatic heterocycles. The van der Waals surface area contributed by atoms with Gasteiger partial charge < -0.3 is 19.8 Å². The van der Waals surface area contributed by atoms with Gasteiger partial charge in [0, 0.05) is 23.4 Å². The first-order valence-corrected chi connectivity index (χ1v) is 10.4. The van der Waals surface area contributed by atoms with E-state index in [0.29, 0.717) is 23.8 Å². The highest BCUT2D eigenvalue weighted by Crippen LogP contribution is 2.31. The molecule has 0 spiro atoms. The van der Waals surface area contributed by atoms with Crippen molar-refractivity contribution in [2.75, 3.05) is 4.90 Å². The molecule has 0 saturated carbocycles. The fourth-order valence-corrected chi connectivity index (χ4v) is 3.41. The molecule has 4 rings (SSSR count). The number of carbonyl (C=O) groups is 1. The predicted octanol–water partition coefficient (Wildman–Crippen LogP) is 5.04. The van der Waals surface area contributed by atoms with Crippen molar-refractivity contribution < 1.29 is 19.7 Å². The zero-order valence-electron chi connectivity index (χ0n) is 18.0. The van der Waals surface area contributed by atoms with Crippen LogP contribution in [0.1, 0.15) is 12.5 Å². The van der Waals surface area contributed by atoms with Gasteiger partial charge in [-0.3, -0.25) is 0 Å². The lowest BCUT2D eigenvalue weighted by molar-refractivity contribution is -0.138. The topological polar surface area (TPSA) is 95.8 Å². The third-order valence-corrected chi connectivity index (χ3v) is 5.15. The summed E-state index contributed by atoms with van der Waals surface area (Å²) in [6.07, 6.45) is 1.40. The van der Waals surface area contributed by atoms with Gasteiger partial charge in [-0.1, -0.05) is 36.4 Å². The Bertz CT molecular complexity index is 1230. The van der Waals surface area contributed by atoms with Gasteiger partial charge in [-0.25, -0.2) is 14.8 Å². The average Bonchev–Trinajstić information content (AvgIpc) is 2.84. The Hall–Kier alpha value is -4.39. The molecule has 3 aromatic carbocycles. The van der Waals surface area contributed by atoms with E-state index in [4.69, 9.17) is 4.74 Å². The summed E-state index contributed by atoms with van der Waals surface area (Å²) >= 11 is 0. The van der Waals surface area contributed by atoms with E-state index >= 15 is 0 Å². The van der Waals surface area contributed by atoms with Gasteiger partial charge in [0.25, 0.3) is 0 Å². The molecule has 1 heterocycles. The Labute approximate surface area is 191 Å². The number of rotatable bonds is 8. The summed E-state index contributed by atoms with van der Waals surface area (Å²) in [6.45, 7) is 2.04. The van der Waals surface area contributed by atoms with Crippen molar-refractivity contribution in [2.45, 2.75) is 19.6 Å². The van der Waals surface area contributed by atoms with Crippen LogP contribution in [0.15, 0.2) is 91.3 Å². The summed E-state index contributed by atoms with van der Waals surface area (Å²) in [4.78, 5) is 22.0. The van der Waals surface area contributed by atoms with Crippen molar-refractivity contribution in [1.29, 1.82) is 0 Å². The Balaban J connectivity index is 1.58. The molecule has 0 bridgehead atoms. The molecule has 1 aromatic heterocycles. The molecule has 0 aliphatic rings. The van der Waals surface area contributed by atoms with Crippen LogP contribution in [0.4, 0.5) is 11.5 Å². The molecule has 0 fully saturated rings. The maximum atomic E-state index is 11.8. The van der Waals surface area contributed by atoms with Crippen molar-refractivity contribution >= 4 is 17.5 Å². The molecule has 4 aromatic rings. The normalized spacial score (nSPS) is 11.5. The van der Waals surface area contributed by atoms with E-state index in [1.54, 1.807) is 30.0 Å². The first-order chi connectivity index (χ1) is 16.0. The molecule has 0 radical (unpaired) electrons. The van der Waals surface area contributed by atoms with Gasteiger partial charge in [-0.05, 0) is 48.9 Å². The highest BCUT2D eigenvalue weighted by molar-refractivity contribution is 5.82. The zero-order chi connectivity index (χ0) is 23.2. The number of aromatic hydroxyl groups is 1. The molecule has 7 heteroatoms. The van der Waals surface area contributed by atoms with Crippen LogP contribution in [-0.4, -0.2) is 32.2 Å². The number of hydrogen-bond acceptors (Lipinski definition) is 6. The van der Waals surface area contributed by atoms with Crippen LogP contribution in [0.5, 0.6) is 11.5 Å². The molecule has 0 aliphatic carbocycles. The van der Waals surface area contributed by atoms with Gasteiger partial charge in [-0.2, -0.15) is 0 Å². The van der Waals surface area contributed by atoms with Gasteiger partial charge >= 0.3 is 5.97 Å². The van der Waals surface area contributed by atoms with E-state index in [9.17, 15) is 15.0 Å². The van der Waals surface area contributed by atoms with E-state index in [-0.39, 0.29) is 5.75 Å². The number of benzene rings is 3. The summed E-state index contributed by atoms with van der Waals surface area (Å²) in [7, 11) is 0. The minimum atomic E-state index is -1.02. The number of phenols is 1. The summed E-state index contributed by atoms with van der Waals surface area (Å²) < 4.78 is 5.84. The fourth-order valence-electron chi connectivity index (χ4n) is 3.41. The van der Waals surface area contributed by atoms with Crippen LogP contribution in [0.3, 0.4) is 0 Å². The molecule has 1 atom stereocenters. The van der Waals surface area contributed by atoms with E-state index in [1.165, 1.54) is 18.5 Å². The van der Waals surface area contributed by atoms with Crippen LogP contribution in [-0.2, 0) is 11.4 Å². The third-order valence-electron chi connectivity index (χ3n) is 5.15. The lowest BCUT2D eigenvalue weighted by Crippen LogP contribution is -2.36. The molecule has 0 saturated heterocycles. The highest BCUT2D eigenvalue weighted by Gasteiger charge is 2.24. The second-order valence-corrected chi connectivity index (χ2v) is 7.46. The largest absolute Gasteiger partial charge is 0.508 e. The van der Waals surface area contributed by atoms with Crippen LogP contribution in [0.2, 0.25) is 0 Å². The van der Waals surface area contributed by atoms with Crippen LogP contribution in [0.25, 0.3) is 11.3 Å². The molecular weight excluding hydrogens is 418 g/mol. The molecule has 7 nitrogen and oxygen atoms in total. The van der Waals surface area contributed by atoms with E-state index in [1.807, 2.05) is 54.6 Å². The quantitative estimate of drug-likeness (QED) is 0.395. The minimum Gasteiger partial charge on any atom is -0.508 e. The van der Waals surface area contributed by atoms with Crippen LogP contribution in [0, 0.1) is 0 Å². The van der Waals surface area contributed by atoms with Crippen molar-refractivity contribution in [3.63, 3.8) is 0 Å².